The van der Waals surface area contributed by atoms with Crippen LogP contribution >= 0.6 is 0 Å². The van der Waals surface area contributed by atoms with Crippen LogP contribution < -0.4 is 5.32 Å². The van der Waals surface area contributed by atoms with Gasteiger partial charge in [-0.25, -0.2) is 4.98 Å². The number of fused-ring (bicyclic) bond motifs is 3. The largest absolute Gasteiger partial charge is 0.366 e. The molecule has 1 aromatic heterocycles. The van der Waals surface area contributed by atoms with Crippen molar-refractivity contribution in [3.63, 3.8) is 0 Å². The molecule has 1 atom stereocenters. The monoisotopic (exact) mass is 203 g/mol. The van der Waals surface area contributed by atoms with Gasteiger partial charge in [-0.15, -0.1) is 0 Å². The van der Waals surface area contributed by atoms with E-state index in [9.17, 15) is 0 Å². The number of nitrogens with one attached hydrogen (secondary N) is 1. The Hall–Kier alpha value is -1.09. The smallest absolute Gasteiger partial charge is 0.126 e. The molecule has 0 saturated carbocycles. The molecular formula is C12H17N3. The van der Waals surface area contributed by atoms with Crippen molar-refractivity contribution in [2.75, 3.05) is 25.0 Å². The molecule has 3 aliphatic heterocycles. The van der Waals surface area contributed by atoms with Gasteiger partial charge in [0.05, 0.1) is 0 Å². The van der Waals surface area contributed by atoms with Crippen molar-refractivity contribution in [3.8, 4) is 0 Å². The van der Waals surface area contributed by atoms with Crippen LogP contribution in [-0.2, 0) is 0 Å². The van der Waals surface area contributed by atoms with Gasteiger partial charge in [0.1, 0.15) is 5.82 Å². The highest BCUT2D eigenvalue weighted by Gasteiger charge is 2.33. The highest BCUT2D eigenvalue weighted by Crippen LogP contribution is 2.29. The molecule has 3 heteroatoms. The van der Waals surface area contributed by atoms with Crippen molar-refractivity contribution in [2.24, 2.45) is 5.92 Å². The first-order valence-corrected chi connectivity index (χ1v) is 5.82. The average Bonchev–Trinajstić information content (AvgIpc) is 2.32. The molecule has 1 unspecified atom stereocenters. The van der Waals surface area contributed by atoms with Gasteiger partial charge in [0, 0.05) is 18.8 Å². The van der Waals surface area contributed by atoms with Crippen LogP contribution in [0.1, 0.15) is 12.8 Å². The summed E-state index contributed by atoms with van der Waals surface area (Å²) in [6.07, 6.45) is 4.55. The van der Waals surface area contributed by atoms with Gasteiger partial charge in [-0.3, -0.25) is 0 Å². The van der Waals surface area contributed by atoms with E-state index in [-0.39, 0.29) is 0 Å². The Kier molecular flexibility index (Phi) is 2.33. The Morgan fingerprint density at radius 1 is 1.27 bits per heavy atom. The van der Waals surface area contributed by atoms with Crippen LogP contribution in [0.25, 0.3) is 0 Å². The van der Waals surface area contributed by atoms with Gasteiger partial charge in [-0.05, 0) is 44.0 Å². The van der Waals surface area contributed by atoms with Gasteiger partial charge in [0.15, 0.2) is 0 Å². The molecule has 2 bridgehead atoms. The van der Waals surface area contributed by atoms with Crippen LogP contribution in [0.4, 0.5) is 5.82 Å². The Balaban J connectivity index is 1.69. The standard InChI is InChI=1S/C12H17N3/c1-2-6-13-12(3-1)14-11-9-15-7-4-10(11)5-8-15/h1-3,6,10-11H,4-5,7-9H2,(H,13,14). The first-order chi connectivity index (χ1) is 7.42. The van der Waals surface area contributed by atoms with E-state index in [0.717, 1.165) is 11.7 Å². The summed E-state index contributed by atoms with van der Waals surface area (Å²) in [6.45, 7) is 3.79. The zero-order valence-corrected chi connectivity index (χ0v) is 8.89. The van der Waals surface area contributed by atoms with Crippen LogP contribution in [-0.4, -0.2) is 35.6 Å². The molecule has 3 fully saturated rings. The van der Waals surface area contributed by atoms with E-state index >= 15 is 0 Å². The zero-order valence-electron chi connectivity index (χ0n) is 8.89. The normalized spacial score (nSPS) is 34.0. The van der Waals surface area contributed by atoms with Crippen LogP contribution in [0.2, 0.25) is 0 Å². The predicted octanol–water partition coefficient (Wildman–Crippen LogP) is 1.59. The maximum atomic E-state index is 4.33. The summed E-state index contributed by atoms with van der Waals surface area (Å²) in [4.78, 5) is 6.88. The van der Waals surface area contributed by atoms with E-state index in [1.807, 2.05) is 18.3 Å². The van der Waals surface area contributed by atoms with Gasteiger partial charge in [0.2, 0.25) is 0 Å². The molecule has 0 spiro atoms. The Morgan fingerprint density at radius 3 is 2.73 bits per heavy atom. The van der Waals surface area contributed by atoms with E-state index in [1.165, 1.54) is 32.5 Å². The van der Waals surface area contributed by atoms with Gasteiger partial charge in [0.25, 0.3) is 0 Å². The molecule has 0 aliphatic carbocycles. The van der Waals surface area contributed by atoms with Crippen molar-refractivity contribution in [3.05, 3.63) is 24.4 Å². The molecule has 4 heterocycles. The Labute approximate surface area is 90.5 Å². The van der Waals surface area contributed by atoms with E-state index in [0.29, 0.717) is 6.04 Å². The molecule has 3 aliphatic rings. The summed E-state index contributed by atoms with van der Waals surface area (Å²) in [5.74, 6) is 1.88. The van der Waals surface area contributed by atoms with Crippen molar-refractivity contribution < 1.29 is 0 Å². The molecule has 0 radical (unpaired) electrons. The zero-order chi connectivity index (χ0) is 10.1. The lowest BCUT2D eigenvalue weighted by Crippen LogP contribution is -2.53. The maximum Gasteiger partial charge on any atom is 0.126 e. The molecule has 0 amide bonds. The summed E-state index contributed by atoms with van der Waals surface area (Å²) in [5.41, 5.74) is 0. The minimum atomic E-state index is 0.613. The molecule has 1 N–H and O–H groups in total. The highest BCUT2D eigenvalue weighted by atomic mass is 15.2. The predicted molar refractivity (Wildman–Crippen MR) is 60.8 cm³/mol. The SMILES string of the molecule is c1ccc(NC2CN3CCC2CC3)nc1. The number of nitrogens with zero attached hydrogens (tertiary/aromatic N) is 2. The van der Waals surface area contributed by atoms with Crippen molar-refractivity contribution >= 4 is 5.82 Å². The minimum Gasteiger partial charge on any atom is -0.366 e. The summed E-state index contributed by atoms with van der Waals surface area (Å²) < 4.78 is 0. The van der Waals surface area contributed by atoms with E-state index < -0.39 is 0 Å². The molecule has 1 aromatic rings. The molecule has 15 heavy (non-hydrogen) atoms. The number of piperidine rings is 3. The highest BCUT2D eigenvalue weighted by molar-refractivity contribution is 5.35. The lowest BCUT2D eigenvalue weighted by atomic mass is 9.84. The Bertz CT molecular complexity index is 317. The lowest BCUT2D eigenvalue weighted by molar-refractivity contribution is 0.0974. The second kappa shape index (κ2) is 3.81. The minimum absolute atomic E-state index is 0.613. The first kappa shape index (κ1) is 9.16. The van der Waals surface area contributed by atoms with Gasteiger partial charge in [-0.2, -0.15) is 0 Å². The lowest BCUT2D eigenvalue weighted by Gasteiger charge is -2.45. The summed E-state index contributed by atoms with van der Waals surface area (Å²) in [5, 5.41) is 3.56. The number of hydrogen-bond acceptors (Lipinski definition) is 3. The van der Waals surface area contributed by atoms with Crippen molar-refractivity contribution in [1.82, 2.24) is 9.88 Å². The van der Waals surface area contributed by atoms with E-state index in [1.54, 1.807) is 0 Å². The van der Waals surface area contributed by atoms with E-state index in [4.69, 9.17) is 0 Å². The quantitative estimate of drug-likeness (QED) is 0.791. The van der Waals surface area contributed by atoms with Crippen LogP contribution in [0.5, 0.6) is 0 Å². The summed E-state index contributed by atoms with van der Waals surface area (Å²) in [6, 6.07) is 6.66. The molecule has 80 valence electrons. The number of rotatable bonds is 2. The molecule has 0 aromatic carbocycles. The third kappa shape index (κ3) is 1.84. The number of hydrogen-bond donors (Lipinski definition) is 1. The molecule has 3 saturated heterocycles. The fraction of sp³-hybridized carbons (Fsp3) is 0.583. The fourth-order valence-corrected chi connectivity index (χ4v) is 2.77. The second-order valence-electron chi connectivity index (χ2n) is 4.60. The van der Waals surface area contributed by atoms with Gasteiger partial charge in [-0.1, -0.05) is 6.07 Å². The summed E-state index contributed by atoms with van der Waals surface area (Å²) in [7, 11) is 0. The molecule has 3 nitrogen and oxygen atoms in total. The van der Waals surface area contributed by atoms with Gasteiger partial charge < -0.3 is 10.2 Å². The topological polar surface area (TPSA) is 28.2 Å². The third-order valence-electron chi connectivity index (χ3n) is 3.65. The molecular weight excluding hydrogens is 186 g/mol. The number of aromatic nitrogens is 1. The molecule has 4 rings (SSSR count). The maximum absolute atomic E-state index is 4.33. The fourth-order valence-electron chi connectivity index (χ4n) is 2.77. The third-order valence-corrected chi connectivity index (χ3v) is 3.65. The van der Waals surface area contributed by atoms with Crippen LogP contribution in [0, 0.1) is 5.92 Å². The van der Waals surface area contributed by atoms with Crippen LogP contribution in [0.3, 0.4) is 0 Å². The first-order valence-electron chi connectivity index (χ1n) is 5.82. The second-order valence-corrected chi connectivity index (χ2v) is 4.60. The van der Waals surface area contributed by atoms with Crippen molar-refractivity contribution in [1.29, 1.82) is 0 Å². The van der Waals surface area contributed by atoms with E-state index in [2.05, 4.69) is 21.3 Å². The number of anilines is 1. The van der Waals surface area contributed by atoms with Crippen LogP contribution in [0.15, 0.2) is 24.4 Å². The summed E-state index contributed by atoms with van der Waals surface area (Å²) >= 11 is 0. The number of pyridine rings is 1. The average molecular weight is 203 g/mol. The van der Waals surface area contributed by atoms with Crippen molar-refractivity contribution in [2.45, 2.75) is 18.9 Å². The Morgan fingerprint density at radius 2 is 2.13 bits per heavy atom. The van der Waals surface area contributed by atoms with Gasteiger partial charge >= 0.3 is 0 Å².